The molecule has 0 saturated carbocycles. The first-order valence-electron chi connectivity index (χ1n) is 12.7. The molecular formula is C27H24F3N5O6. The van der Waals surface area contributed by atoms with E-state index in [0.29, 0.717) is 29.6 Å². The first kappa shape index (κ1) is 26.5. The lowest BCUT2D eigenvalue weighted by molar-refractivity contribution is -0.275. The van der Waals surface area contributed by atoms with Crippen LogP contribution in [0, 0.1) is 0 Å². The molecule has 0 bridgehead atoms. The van der Waals surface area contributed by atoms with E-state index in [1.165, 1.54) is 16.7 Å². The van der Waals surface area contributed by atoms with E-state index in [0.717, 1.165) is 16.8 Å². The van der Waals surface area contributed by atoms with Gasteiger partial charge in [0.1, 0.15) is 12.2 Å². The number of halogens is 3. The average Bonchev–Trinajstić information content (AvgIpc) is 3.39. The Morgan fingerprint density at radius 2 is 1.95 bits per heavy atom. The van der Waals surface area contributed by atoms with Crippen LogP contribution in [0.5, 0.6) is 11.5 Å². The van der Waals surface area contributed by atoms with Crippen LogP contribution in [0.2, 0.25) is 0 Å². The number of alkyl halides is 3. The van der Waals surface area contributed by atoms with E-state index in [1.54, 1.807) is 29.1 Å². The Balaban J connectivity index is 1.43. The van der Waals surface area contributed by atoms with Crippen LogP contribution in [0.4, 0.5) is 13.2 Å². The Labute approximate surface area is 229 Å². The number of carboxylic acids is 1. The Bertz CT molecular complexity index is 1820. The predicted octanol–water partition coefficient (Wildman–Crippen LogP) is 3.57. The summed E-state index contributed by atoms with van der Waals surface area (Å²) in [5, 5.41) is 15.7. The molecule has 214 valence electrons. The summed E-state index contributed by atoms with van der Waals surface area (Å²) in [4.78, 5) is 37.0. The molecule has 41 heavy (non-hydrogen) atoms. The van der Waals surface area contributed by atoms with E-state index in [-0.39, 0.29) is 30.6 Å². The third-order valence-electron chi connectivity index (χ3n) is 7.46. The van der Waals surface area contributed by atoms with Gasteiger partial charge in [0.15, 0.2) is 22.6 Å². The summed E-state index contributed by atoms with van der Waals surface area (Å²) in [6.07, 6.45) is -0.974. The number of pyridine rings is 2. The minimum absolute atomic E-state index is 0.0398. The lowest BCUT2D eigenvalue weighted by Crippen LogP contribution is -2.50. The minimum atomic E-state index is -5.05. The third-order valence-corrected chi connectivity index (χ3v) is 7.46. The van der Waals surface area contributed by atoms with Gasteiger partial charge in [0, 0.05) is 24.0 Å². The maximum Gasteiger partial charge on any atom is 0.573 e. The minimum Gasteiger partial charge on any atom is -0.488 e. The van der Waals surface area contributed by atoms with Gasteiger partial charge in [-0.2, -0.15) is 0 Å². The first-order chi connectivity index (χ1) is 19.3. The summed E-state index contributed by atoms with van der Waals surface area (Å²) in [5.74, 6) is -2.23. The van der Waals surface area contributed by atoms with E-state index in [9.17, 15) is 32.7 Å². The Hall–Kier alpha value is -4.75. The number of carboxylic acid groups (broad SMARTS) is 1. The zero-order valence-corrected chi connectivity index (χ0v) is 21.9. The summed E-state index contributed by atoms with van der Waals surface area (Å²) in [7, 11) is 0. The highest BCUT2D eigenvalue weighted by atomic mass is 19.4. The Kier molecular flexibility index (Phi) is 5.90. The van der Waals surface area contributed by atoms with Gasteiger partial charge in [0.2, 0.25) is 0 Å². The van der Waals surface area contributed by atoms with Crippen molar-refractivity contribution in [3.05, 3.63) is 80.6 Å². The summed E-state index contributed by atoms with van der Waals surface area (Å²) < 4.78 is 54.5. The molecule has 1 aromatic carbocycles. The van der Waals surface area contributed by atoms with Gasteiger partial charge in [0.25, 0.3) is 0 Å². The standard InChI is InChI=1S/C27H24F3N5O6/c1-26(2)7-6-18-15-11-21(40-10-9-33-25(39)32-8-4-3-5-23(32)31-33)22(41-27(28,29)30)12-16(15)19-13-20(36)17(24(37)38)14-34(19)35(18)26/h3-5,8,11-14,18H,6-7,9-10H2,1-2H3,(H,37,38)/t18-/m1/s1. The fourth-order valence-electron chi connectivity index (χ4n) is 5.69. The van der Waals surface area contributed by atoms with Crippen LogP contribution >= 0.6 is 0 Å². The van der Waals surface area contributed by atoms with E-state index in [2.05, 4.69) is 9.84 Å². The zero-order chi connectivity index (χ0) is 29.3. The van der Waals surface area contributed by atoms with Crippen molar-refractivity contribution in [2.75, 3.05) is 11.6 Å². The van der Waals surface area contributed by atoms with Crippen LogP contribution in [0.3, 0.4) is 0 Å². The van der Waals surface area contributed by atoms with Crippen molar-refractivity contribution in [3.63, 3.8) is 0 Å². The molecule has 0 amide bonds. The second-order valence-electron chi connectivity index (χ2n) is 10.5. The molecule has 6 rings (SSSR count). The SMILES string of the molecule is CC1(C)CC[C@@H]2c3cc(OCCn4nc5ccccn5c4=O)c(OC(F)(F)F)cc3-c3cc(=O)c(C(=O)O)cn3N21. The molecule has 2 aliphatic heterocycles. The average molecular weight is 572 g/mol. The quantitative estimate of drug-likeness (QED) is 0.373. The van der Waals surface area contributed by atoms with Crippen molar-refractivity contribution in [3.8, 4) is 22.8 Å². The van der Waals surface area contributed by atoms with Crippen LogP contribution in [0.15, 0.2) is 58.4 Å². The van der Waals surface area contributed by atoms with E-state index >= 15 is 0 Å². The number of hydrogen-bond acceptors (Lipinski definition) is 7. The highest BCUT2D eigenvalue weighted by molar-refractivity contribution is 5.88. The van der Waals surface area contributed by atoms with Gasteiger partial charge in [0.05, 0.1) is 23.8 Å². The van der Waals surface area contributed by atoms with Crippen molar-refractivity contribution in [1.82, 2.24) is 18.9 Å². The number of ether oxygens (including phenoxy) is 2. The molecule has 0 spiro atoms. The lowest BCUT2D eigenvalue weighted by Gasteiger charge is -2.44. The van der Waals surface area contributed by atoms with Crippen LogP contribution in [-0.4, -0.2) is 48.4 Å². The Morgan fingerprint density at radius 1 is 1.17 bits per heavy atom. The molecular weight excluding hydrogens is 547 g/mol. The van der Waals surface area contributed by atoms with Crippen molar-refractivity contribution in [2.45, 2.75) is 51.2 Å². The molecule has 11 nitrogen and oxygen atoms in total. The highest BCUT2D eigenvalue weighted by Gasteiger charge is 2.46. The topological polar surface area (TPSA) is 120 Å². The molecule has 1 saturated heterocycles. The molecule has 14 heteroatoms. The summed E-state index contributed by atoms with van der Waals surface area (Å²) in [6.45, 7) is 3.70. The van der Waals surface area contributed by atoms with Gasteiger partial charge >= 0.3 is 18.0 Å². The Morgan fingerprint density at radius 3 is 2.66 bits per heavy atom. The van der Waals surface area contributed by atoms with Crippen molar-refractivity contribution in [1.29, 1.82) is 0 Å². The molecule has 1 fully saturated rings. The fraction of sp³-hybridized carbons (Fsp3) is 0.333. The highest BCUT2D eigenvalue weighted by Crippen LogP contribution is 2.51. The van der Waals surface area contributed by atoms with Crippen molar-refractivity contribution in [2.24, 2.45) is 0 Å². The van der Waals surface area contributed by atoms with Crippen LogP contribution < -0.4 is 25.6 Å². The number of aromatic carboxylic acids is 1. The van der Waals surface area contributed by atoms with Gasteiger partial charge in [-0.05, 0) is 56.5 Å². The number of aromatic nitrogens is 4. The number of carbonyl (C=O) groups is 1. The first-order valence-corrected chi connectivity index (χ1v) is 12.7. The zero-order valence-electron chi connectivity index (χ0n) is 21.9. The number of rotatable bonds is 6. The number of hydrogen-bond donors (Lipinski definition) is 1. The normalized spacial score (nSPS) is 17.2. The number of benzene rings is 1. The van der Waals surface area contributed by atoms with E-state index in [4.69, 9.17) is 4.74 Å². The summed E-state index contributed by atoms with van der Waals surface area (Å²) in [5.41, 5.74) is -0.572. The summed E-state index contributed by atoms with van der Waals surface area (Å²) >= 11 is 0. The monoisotopic (exact) mass is 571 g/mol. The maximum absolute atomic E-state index is 13.5. The lowest BCUT2D eigenvalue weighted by atomic mass is 9.93. The molecule has 1 atom stereocenters. The second kappa shape index (κ2) is 9.14. The van der Waals surface area contributed by atoms with Crippen molar-refractivity contribution < 1.29 is 32.5 Å². The fourth-order valence-corrected chi connectivity index (χ4v) is 5.69. The molecule has 1 N–H and O–H groups in total. The largest absolute Gasteiger partial charge is 0.573 e. The molecule has 0 aliphatic carbocycles. The predicted molar refractivity (Wildman–Crippen MR) is 139 cm³/mol. The second-order valence-corrected chi connectivity index (χ2v) is 10.5. The third kappa shape index (κ3) is 4.48. The van der Waals surface area contributed by atoms with Crippen molar-refractivity contribution >= 4 is 11.6 Å². The smallest absolute Gasteiger partial charge is 0.488 e. The van der Waals surface area contributed by atoms with Crippen LogP contribution in [-0.2, 0) is 6.54 Å². The van der Waals surface area contributed by atoms with Gasteiger partial charge < -0.3 is 14.6 Å². The van der Waals surface area contributed by atoms with E-state index in [1.807, 2.05) is 18.9 Å². The molecule has 0 radical (unpaired) electrons. The molecule has 5 heterocycles. The number of fused-ring (bicyclic) bond motifs is 7. The van der Waals surface area contributed by atoms with Gasteiger partial charge in [-0.3, -0.25) is 18.9 Å². The molecule has 2 aliphatic rings. The van der Waals surface area contributed by atoms with Gasteiger partial charge in [-0.1, -0.05) is 6.07 Å². The van der Waals surface area contributed by atoms with Crippen LogP contribution in [0.1, 0.15) is 48.7 Å². The van der Waals surface area contributed by atoms with Gasteiger partial charge in [-0.25, -0.2) is 14.3 Å². The number of nitrogens with zero attached hydrogens (tertiary/aromatic N) is 5. The molecule has 0 unspecified atom stereocenters. The molecule has 4 aromatic rings. The van der Waals surface area contributed by atoms with Crippen LogP contribution in [0.25, 0.3) is 16.9 Å². The van der Waals surface area contributed by atoms with E-state index < -0.39 is 40.3 Å². The summed E-state index contributed by atoms with van der Waals surface area (Å²) in [6, 6.07) is 8.42. The van der Waals surface area contributed by atoms with Gasteiger partial charge in [-0.15, -0.1) is 18.3 Å². The molecule has 3 aromatic heterocycles. The maximum atomic E-state index is 13.5.